The third-order valence-electron chi connectivity index (χ3n) is 4.57. The van der Waals surface area contributed by atoms with Crippen LogP contribution in [0.1, 0.15) is 59.8 Å². The van der Waals surface area contributed by atoms with E-state index in [-0.39, 0.29) is 12.6 Å². The van der Waals surface area contributed by atoms with E-state index >= 15 is 0 Å². The molecule has 0 heterocycles. The Kier molecular flexibility index (Phi) is 25.7. The minimum absolute atomic E-state index is 0.0517. The summed E-state index contributed by atoms with van der Waals surface area (Å²) in [5.74, 6) is 5.11. The quantitative estimate of drug-likeness (QED) is 0.0890. The number of ether oxygens (including phenoxy) is 5. The standard InChI is InChI=1S/C22H49NO6P2/c1-5-24-21(25-6-2)12-18-30-16-10-20(28-14-9-15-29-23)11-17-31-19-13-22(26-7-3)27-8-4/h20-22,30-31H,5-19,23H2,1-4H3. The summed E-state index contributed by atoms with van der Waals surface area (Å²) in [6.45, 7) is 12.1. The first-order valence-corrected chi connectivity index (χ1v) is 14.9. The van der Waals surface area contributed by atoms with E-state index in [4.69, 9.17) is 29.6 Å². The fraction of sp³-hybridized carbons (Fsp3) is 1.00. The van der Waals surface area contributed by atoms with Gasteiger partial charge in [0.2, 0.25) is 0 Å². The van der Waals surface area contributed by atoms with Gasteiger partial charge in [-0.05, 0) is 71.6 Å². The largest absolute Gasteiger partial charge is 0.378 e. The molecule has 0 rings (SSSR count). The third-order valence-corrected chi connectivity index (χ3v) is 7.14. The van der Waals surface area contributed by atoms with Crippen LogP contribution in [0.3, 0.4) is 0 Å². The number of nitrogens with two attached hydrogens (primary N) is 1. The Morgan fingerprint density at radius 2 is 1.00 bits per heavy atom. The van der Waals surface area contributed by atoms with E-state index in [1.54, 1.807) is 0 Å². The zero-order valence-electron chi connectivity index (χ0n) is 20.4. The average molecular weight is 486 g/mol. The Labute approximate surface area is 194 Å². The molecule has 31 heavy (non-hydrogen) atoms. The molecule has 0 bridgehead atoms. The first-order chi connectivity index (χ1) is 15.2. The summed E-state index contributed by atoms with van der Waals surface area (Å²) in [6, 6.07) is 0. The normalized spacial score (nSPS) is 13.6. The predicted octanol–water partition coefficient (Wildman–Crippen LogP) is 4.37. The smallest absolute Gasteiger partial charge is 0.157 e. The lowest BCUT2D eigenvalue weighted by molar-refractivity contribution is -0.136. The van der Waals surface area contributed by atoms with Crippen LogP contribution < -0.4 is 5.90 Å². The molecule has 0 aliphatic carbocycles. The highest BCUT2D eigenvalue weighted by Gasteiger charge is 2.12. The zero-order chi connectivity index (χ0) is 23.0. The fourth-order valence-electron chi connectivity index (χ4n) is 3.09. The van der Waals surface area contributed by atoms with E-state index < -0.39 is 0 Å². The highest BCUT2D eigenvalue weighted by molar-refractivity contribution is 7.38. The number of rotatable bonds is 25. The average Bonchev–Trinajstić information content (AvgIpc) is 2.76. The first-order valence-electron chi connectivity index (χ1n) is 12.0. The molecule has 2 unspecified atom stereocenters. The molecule has 0 aromatic carbocycles. The lowest BCUT2D eigenvalue weighted by Crippen LogP contribution is -2.19. The molecule has 9 heteroatoms. The van der Waals surface area contributed by atoms with Gasteiger partial charge >= 0.3 is 0 Å². The van der Waals surface area contributed by atoms with Crippen molar-refractivity contribution in [2.45, 2.75) is 78.5 Å². The van der Waals surface area contributed by atoms with Crippen molar-refractivity contribution < 1.29 is 28.5 Å². The van der Waals surface area contributed by atoms with Gasteiger partial charge in [0.25, 0.3) is 0 Å². The molecule has 2 N–H and O–H groups in total. The second-order valence-electron chi connectivity index (χ2n) is 7.05. The van der Waals surface area contributed by atoms with Gasteiger partial charge < -0.3 is 28.5 Å². The van der Waals surface area contributed by atoms with Crippen LogP contribution >= 0.6 is 17.2 Å². The Hall–Kier alpha value is 0.580. The summed E-state index contributed by atoms with van der Waals surface area (Å²) >= 11 is 0. The van der Waals surface area contributed by atoms with Crippen molar-refractivity contribution in [3.63, 3.8) is 0 Å². The van der Waals surface area contributed by atoms with Gasteiger partial charge in [-0.15, -0.1) is 17.2 Å². The van der Waals surface area contributed by atoms with E-state index in [1.807, 2.05) is 27.7 Å². The molecular weight excluding hydrogens is 436 g/mol. The van der Waals surface area contributed by atoms with E-state index in [9.17, 15) is 0 Å². The second kappa shape index (κ2) is 25.2. The molecule has 0 spiro atoms. The molecule has 0 amide bonds. The van der Waals surface area contributed by atoms with Crippen LogP contribution in [0, 0.1) is 0 Å². The highest BCUT2D eigenvalue weighted by atomic mass is 31.1. The molecule has 188 valence electrons. The fourth-order valence-corrected chi connectivity index (χ4v) is 5.52. The summed E-state index contributed by atoms with van der Waals surface area (Å²) in [5.41, 5.74) is 0. The summed E-state index contributed by atoms with van der Waals surface area (Å²) in [4.78, 5) is 4.65. The van der Waals surface area contributed by atoms with Crippen LogP contribution in [0.5, 0.6) is 0 Å². The van der Waals surface area contributed by atoms with Crippen LogP contribution in [0.2, 0.25) is 0 Å². The maximum absolute atomic E-state index is 6.13. The van der Waals surface area contributed by atoms with Crippen molar-refractivity contribution in [1.82, 2.24) is 0 Å². The molecule has 0 fully saturated rings. The zero-order valence-corrected chi connectivity index (χ0v) is 22.4. The highest BCUT2D eigenvalue weighted by Crippen LogP contribution is 2.22. The Morgan fingerprint density at radius 1 is 0.581 bits per heavy atom. The molecule has 0 saturated heterocycles. The van der Waals surface area contributed by atoms with Crippen molar-refractivity contribution in [2.24, 2.45) is 5.90 Å². The summed E-state index contributed by atoms with van der Waals surface area (Å²) in [5, 5.41) is 0. The maximum Gasteiger partial charge on any atom is 0.157 e. The number of hydrogen-bond donors (Lipinski definition) is 1. The molecule has 7 nitrogen and oxygen atoms in total. The van der Waals surface area contributed by atoms with Crippen molar-refractivity contribution in [3.8, 4) is 0 Å². The van der Waals surface area contributed by atoms with Gasteiger partial charge in [0.15, 0.2) is 12.6 Å². The monoisotopic (exact) mass is 485 g/mol. The molecule has 0 aromatic heterocycles. The van der Waals surface area contributed by atoms with Crippen molar-refractivity contribution in [1.29, 1.82) is 0 Å². The third kappa shape index (κ3) is 20.9. The molecule has 2 atom stereocenters. The van der Waals surface area contributed by atoms with Gasteiger partial charge in [-0.2, -0.15) is 0 Å². The molecular formula is C22H49NO6P2. The lowest BCUT2D eigenvalue weighted by Gasteiger charge is -2.20. The molecule has 0 saturated carbocycles. The predicted molar refractivity (Wildman–Crippen MR) is 133 cm³/mol. The van der Waals surface area contributed by atoms with Crippen LogP contribution in [0.15, 0.2) is 0 Å². The van der Waals surface area contributed by atoms with E-state index in [1.165, 1.54) is 12.3 Å². The molecule has 0 aromatic rings. The topological polar surface area (TPSA) is 81.4 Å². The minimum atomic E-state index is -0.0517. The van der Waals surface area contributed by atoms with Crippen LogP contribution in [-0.2, 0) is 28.5 Å². The Morgan fingerprint density at radius 3 is 1.39 bits per heavy atom. The maximum atomic E-state index is 6.13. The summed E-state index contributed by atoms with van der Waals surface area (Å²) in [6.07, 6.45) is 9.92. The van der Waals surface area contributed by atoms with Crippen LogP contribution in [0.4, 0.5) is 0 Å². The van der Waals surface area contributed by atoms with Crippen molar-refractivity contribution >= 4 is 17.2 Å². The van der Waals surface area contributed by atoms with Gasteiger partial charge in [-0.25, -0.2) is 5.90 Å². The first kappa shape index (κ1) is 31.6. The Balaban J connectivity index is 4.10. The SMILES string of the molecule is CCOC(CCPCCC(CCPCCC(OCC)OCC)OCCCON)OCC. The van der Waals surface area contributed by atoms with E-state index in [2.05, 4.69) is 4.84 Å². The van der Waals surface area contributed by atoms with Gasteiger partial charge in [0.05, 0.1) is 12.7 Å². The summed E-state index contributed by atoms with van der Waals surface area (Å²) < 4.78 is 28.6. The van der Waals surface area contributed by atoms with Crippen LogP contribution in [0.25, 0.3) is 0 Å². The van der Waals surface area contributed by atoms with Gasteiger partial charge in [-0.3, -0.25) is 0 Å². The van der Waals surface area contributed by atoms with Crippen LogP contribution in [-0.4, -0.2) is 83.0 Å². The molecule has 0 aliphatic heterocycles. The van der Waals surface area contributed by atoms with Crippen molar-refractivity contribution in [3.05, 3.63) is 0 Å². The van der Waals surface area contributed by atoms with E-state index in [0.717, 1.165) is 61.6 Å². The summed E-state index contributed by atoms with van der Waals surface area (Å²) in [7, 11) is 1.84. The molecule has 0 radical (unpaired) electrons. The Bertz CT molecular complexity index is 320. The van der Waals surface area contributed by atoms with E-state index in [0.29, 0.717) is 45.7 Å². The minimum Gasteiger partial charge on any atom is -0.378 e. The van der Waals surface area contributed by atoms with Gasteiger partial charge in [0, 0.05) is 45.9 Å². The lowest BCUT2D eigenvalue weighted by atomic mass is 10.2. The van der Waals surface area contributed by atoms with Gasteiger partial charge in [0.1, 0.15) is 0 Å². The van der Waals surface area contributed by atoms with Gasteiger partial charge in [-0.1, -0.05) is 0 Å². The molecule has 0 aliphatic rings. The second-order valence-corrected chi connectivity index (χ2v) is 10.1. The number of hydrogen-bond acceptors (Lipinski definition) is 7. The van der Waals surface area contributed by atoms with Crippen molar-refractivity contribution in [2.75, 3.05) is 64.3 Å².